The third-order valence-electron chi connectivity index (χ3n) is 4.07. The monoisotopic (exact) mass is 470 g/mol. The number of halogens is 3. The van der Waals surface area contributed by atoms with Gasteiger partial charge in [0.05, 0.1) is 14.9 Å². The molecule has 3 N–H and O–H groups in total. The van der Waals surface area contributed by atoms with E-state index < -0.39 is 10.0 Å². The first-order chi connectivity index (χ1) is 13.7. The van der Waals surface area contributed by atoms with Gasteiger partial charge in [0.25, 0.3) is 0 Å². The van der Waals surface area contributed by atoms with E-state index in [4.69, 9.17) is 44.7 Å². The Hall–Kier alpha value is -1.96. The molecule has 0 amide bonds. The standard InChI is InChI=1S/C20H17Cl3N2O3S/c21-15-2-8-20(28-12-13-1-7-18(22)19(23)9-13)14(10-15)11-25-16-3-5-17(6-4-16)29(24,26)27/h1-10,25H,11-12H2,(H2,24,26,27). The molecule has 29 heavy (non-hydrogen) atoms. The SMILES string of the molecule is NS(=O)(=O)c1ccc(NCc2cc(Cl)ccc2OCc2ccc(Cl)c(Cl)c2)cc1. The van der Waals surface area contributed by atoms with Crippen LogP contribution in [-0.2, 0) is 23.2 Å². The van der Waals surface area contributed by atoms with E-state index in [2.05, 4.69) is 5.32 Å². The van der Waals surface area contributed by atoms with Gasteiger partial charge in [-0.05, 0) is 60.2 Å². The zero-order valence-corrected chi connectivity index (χ0v) is 18.1. The molecule has 0 radical (unpaired) electrons. The first kappa shape index (κ1) is 21.7. The van der Waals surface area contributed by atoms with E-state index in [1.165, 1.54) is 12.1 Å². The van der Waals surface area contributed by atoms with E-state index in [-0.39, 0.29) is 4.90 Å². The highest BCUT2D eigenvalue weighted by atomic mass is 35.5. The van der Waals surface area contributed by atoms with Gasteiger partial charge in [0.2, 0.25) is 10.0 Å². The van der Waals surface area contributed by atoms with Gasteiger partial charge < -0.3 is 10.1 Å². The van der Waals surface area contributed by atoms with Crippen molar-refractivity contribution >= 4 is 50.5 Å². The number of ether oxygens (including phenoxy) is 1. The highest BCUT2D eigenvalue weighted by molar-refractivity contribution is 7.89. The molecule has 0 aliphatic heterocycles. The van der Waals surface area contributed by atoms with Crippen LogP contribution in [-0.4, -0.2) is 8.42 Å². The molecule has 3 rings (SSSR count). The van der Waals surface area contributed by atoms with Crippen molar-refractivity contribution in [3.63, 3.8) is 0 Å². The molecule has 5 nitrogen and oxygen atoms in total. The lowest BCUT2D eigenvalue weighted by Gasteiger charge is -2.14. The van der Waals surface area contributed by atoms with Crippen molar-refractivity contribution in [1.29, 1.82) is 0 Å². The zero-order valence-electron chi connectivity index (χ0n) is 15.0. The molecule has 0 aliphatic rings. The van der Waals surface area contributed by atoms with Crippen LogP contribution in [0.5, 0.6) is 5.75 Å². The summed E-state index contributed by atoms with van der Waals surface area (Å²) in [5.74, 6) is 0.661. The van der Waals surface area contributed by atoms with Gasteiger partial charge in [-0.2, -0.15) is 0 Å². The molecular weight excluding hydrogens is 455 g/mol. The number of hydrogen-bond donors (Lipinski definition) is 2. The minimum absolute atomic E-state index is 0.0523. The Bertz CT molecular complexity index is 1120. The molecule has 0 saturated heterocycles. The molecule has 0 saturated carbocycles. The van der Waals surface area contributed by atoms with E-state index in [1.54, 1.807) is 42.5 Å². The minimum atomic E-state index is -3.72. The molecule has 0 atom stereocenters. The molecule has 0 spiro atoms. The smallest absolute Gasteiger partial charge is 0.238 e. The third-order valence-corrected chi connectivity index (χ3v) is 5.97. The number of primary sulfonamides is 1. The van der Waals surface area contributed by atoms with E-state index >= 15 is 0 Å². The van der Waals surface area contributed by atoms with Gasteiger partial charge in [0, 0.05) is 22.8 Å². The molecule has 9 heteroatoms. The fourth-order valence-electron chi connectivity index (χ4n) is 2.58. The van der Waals surface area contributed by atoms with Crippen LogP contribution in [0.1, 0.15) is 11.1 Å². The normalized spacial score (nSPS) is 11.3. The van der Waals surface area contributed by atoms with Crippen molar-refractivity contribution in [3.05, 3.63) is 86.9 Å². The molecule has 0 fully saturated rings. The Balaban J connectivity index is 1.70. The maximum absolute atomic E-state index is 11.3. The summed E-state index contributed by atoms with van der Waals surface area (Å²) in [6.07, 6.45) is 0. The van der Waals surface area contributed by atoms with Gasteiger partial charge in [-0.1, -0.05) is 40.9 Å². The third kappa shape index (κ3) is 6.01. The summed E-state index contributed by atoms with van der Waals surface area (Å²) in [5.41, 5.74) is 2.45. The second-order valence-electron chi connectivity index (χ2n) is 6.21. The Kier molecular flexibility index (Phi) is 6.93. The number of sulfonamides is 1. The van der Waals surface area contributed by atoms with Crippen molar-refractivity contribution in [3.8, 4) is 5.75 Å². The molecule has 0 heterocycles. The largest absolute Gasteiger partial charge is 0.489 e. The molecule has 3 aromatic rings. The molecular formula is C20H17Cl3N2O3S. The van der Waals surface area contributed by atoms with Crippen LogP contribution in [0, 0.1) is 0 Å². The number of hydrogen-bond acceptors (Lipinski definition) is 4. The summed E-state index contributed by atoms with van der Waals surface area (Å²) in [7, 11) is -3.72. The number of rotatable bonds is 7. The second kappa shape index (κ2) is 9.24. The number of benzene rings is 3. The molecule has 0 aromatic heterocycles. The predicted molar refractivity (Wildman–Crippen MR) is 117 cm³/mol. The van der Waals surface area contributed by atoms with Crippen molar-refractivity contribution in [2.75, 3.05) is 5.32 Å². The molecule has 3 aromatic carbocycles. The van der Waals surface area contributed by atoms with Gasteiger partial charge in [0.15, 0.2) is 0 Å². The van der Waals surface area contributed by atoms with Gasteiger partial charge in [-0.25, -0.2) is 13.6 Å². The van der Waals surface area contributed by atoms with Crippen molar-refractivity contribution < 1.29 is 13.2 Å². The van der Waals surface area contributed by atoms with Crippen LogP contribution in [0.2, 0.25) is 15.1 Å². The topological polar surface area (TPSA) is 81.4 Å². The van der Waals surface area contributed by atoms with Crippen molar-refractivity contribution in [1.82, 2.24) is 0 Å². The van der Waals surface area contributed by atoms with Gasteiger partial charge >= 0.3 is 0 Å². The van der Waals surface area contributed by atoms with Crippen molar-refractivity contribution in [2.24, 2.45) is 5.14 Å². The number of anilines is 1. The summed E-state index contributed by atoms with van der Waals surface area (Å²) >= 11 is 18.1. The Morgan fingerprint density at radius 1 is 0.897 bits per heavy atom. The quantitative estimate of drug-likeness (QED) is 0.478. The first-order valence-electron chi connectivity index (χ1n) is 8.44. The van der Waals surface area contributed by atoms with Gasteiger partial charge in [-0.3, -0.25) is 0 Å². The van der Waals surface area contributed by atoms with Crippen LogP contribution in [0.4, 0.5) is 5.69 Å². The van der Waals surface area contributed by atoms with Crippen LogP contribution >= 0.6 is 34.8 Å². The highest BCUT2D eigenvalue weighted by Gasteiger charge is 2.09. The van der Waals surface area contributed by atoms with Crippen LogP contribution in [0.15, 0.2) is 65.6 Å². The fraction of sp³-hybridized carbons (Fsp3) is 0.100. The Morgan fingerprint density at radius 2 is 1.62 bits per heavy atom. The maximum Gasteiger partial charge on any atom is 0.238 e. The molecule has 0 bridgehead atoms. The zero-order chi connectivity index (χ0) is 21.0. The minimum Gasteiger partial charge on any atom is -0.489 e. The van der Waals surface area contributed by atoms with Gasteiger partial charge in [-0.15, -0.1) is 0 Å². The van der Waals surface area contributed by atoms with Crippen LogP contribution in [0.3, 0.4) is 0 Å². The lowest BCUT2D eigenvalue weighted by Crippen LogP contribution is -2.12. The first-order valence-corrected chi connectivity index (χ1v) is 11.1. The van der Waals surface area contributed by atoms with E-state index in [0.717, 1.165) is 16.8 Å². The average Bonchev–Trinajstić information content (AvgIpc) is 2.68. The summed E-state index contributed by atoms with van der Waals surface area (Å²) in [4.78, 5) is 0.0523. The predicted octanol–water partition coefficient (Wildman–Crippen LogP) is 5.49. The maximum atomic E-state index is 11.3. The molecule has 0 aliphatic carbocycles. The lowest BCUT2D eigenvalue weighted by molar-refractivity contribution is 0.303. The summed E-state index contributed by atoms with van der Waals surface area (Å²) < 4.78 is 28.6. The van der Waals surface area contributed by atoms with Gasteiger partial charge in [0.1, 0.15) is 12.4 Å². The van der Waals surface area contributed by atoms with Crippen molar-refractivity contribution in [2.45, 2.75) is 18.0 Å². The number of nitrogens with two attached hydrogens (primary N) is 1. The Morgan fingerprint density at radius 3 is 2.28 bits per heavy atom. The van der Waals surface area contributed by atoms with Crippen LogP contribution < -0.4 is 15.2 Å². The van der Waals surface area contributed by atoms with E-state index in [0.29, 0.717) is 34.0 Å². The summed E-state index contributed by atoms with van der Waals surface area (Å²) in [6.45, 7) is 0.737. The lowest BCUT2D eigenvalue weighted by atomic mass is 10.2. The highest BCUT2D eigenvalue weighted by Crippen LogP contribution is 2.27. The fourth-order valence-corrected chi connectivity index (χ4v) is 3.61. The average molecular weight is 472 g/mol. The molecule has 152 valence electrons. The van der Waals surface area contributed by atoms with E-state index in [1.807, 2.05) is 6.07 Å². The summed E-state index contributed by atoms with van der Waals surface area (Å²) in [6, 6.07) is 16.8. The summed E-state index contributed by atoms with van der Waals surface area (Å²) in [5, 5.41) is 9.85. The number of nitrogens with one attached hydrogen (secondary N) is 1. The van der Waals surface area contributed by atoms with Crippen LogP contribution in [0.25, 0.3) is 0 Å². The molecule has 0 unspecified atom stereocenters. The van der Waals surface area contributed by atoms with E-state index in [9.17, 15) is 8.42 Å². The second-order valence-corrected chi connectivity index (χ2v) is 9.02. The Labute approximate surface area is 184 Å².